The van der Waals surface area contributed by atoms with E-state index in [0.29, 0.717) is 25.2 Å². The number of aliphatic hydroxyl groups excluding tert-OH is 1. The van der Waals surface area contributed by atoms with Crippen molar-refractivity contribution in [2.45, 2.75) is 30.6 Å². The number of aliphatic hydroxyl groups is 1. The zero-order chi connectivity index (χ0) is 19.6. The second-order valence-electron chi connectivity index (χ2n) is 6.43. The van der Waals surface area contributed by atoms with Crippen molar-refractivity contribution in [2.75, 3.05) is 24.6 Å². The summed E-state index contributed by atoms with van der Waals surface area (Å²) >= 11 is 0. The fraction of sp³-hybridized carbons (Fsp3) is 0.533. The number of nitrogens with one attached hydrogen (secondary N) is 1. The molecule has 1 aromatic carbocycles. The van der Waals surface area contributed by atoms with Crippen LogP contribution in [0.25, 0.3) is 11.4 Å². The van der Waals surface area contributed by atoms with Crippen LogP contribution >= 0.6 is 0 Å². The molecule has 1 fully saturated rings. The lowest BCUT2D eigenvalue weighted by Gasteiger charge is -2.35. The topological polar surface area (TPSA) is 138 Å². The van der Waals surface area contributed by atoms with E-state index < -0.39 is 26.9 Å². The van der Waals surface area contributed by atoms with Crippen molar-refractivity contribution in [1.82, 2.24) is 20.6 Å². The van der Waals surface area contributed by atoms with Gasteiger partial charge in [0, 0.05) is 30.9 Å². The summed E-state index contributed by atoms with van der Waals surface area (Å²) in [6, 6.07) is 2.50. The molecule has 12 heteroatoms. The van der Waals surface area contributed by atoms with Crippen molar-refractivity contribution in [3.63, 3.8) is 0 Å². The number of sulfonamides is 1. The Morgan fingerprint density at radius 1 is 1.41 bits per heavy atom. The van der Waals surface area contributed by atoms with Crippen molar-refractivity contribution in [3.05, 3.63) is 17.7 Å². The maximum atomic E-state index is 13.5. The monoisotopic (exact) mass is 402 g/mol. The molecule has 2 heterocycles. The van der Waals surface area contributed by atoms with Crippen LogP contribution in [0.2, 0.25) is 0 Å². The number of halogens is 2. The van der Waals surface area contributed by atoms with Crippen molar-refractivity contribution in [3.8, 4) is 11.4 Å². The van der Waals surface area contributed by atoms with E-state index in [2.05, 4.69) is 20.6 Å². The van der Waals surface area contributed by atoms with Gasteiger partial charge in [-0.25, -0.2) is 22.3 Å². The molecule has 3 rings (SSSR count). The first-order valence-corrected chi connectivity index (χ1v) is 9.95. The molecular formula is C15H20F2N6O3S. The summed E-state index contributed by atoms with van der Waals surface area (Å²) in [6.07, 6.45) is -0.698. The normalized spacial score (nSPS) is 18.3. The fourth-order valence-corrected chi connectivity index (χ4v) is 4.48. The van der Waals surface area contributed by atoms with E-state index in [4.69, 9.17) is 5.14 Å². The smallest absolute Gasteiger partial charge is 0.265 e. The molecule has 0 bridgehead atoms. The molecule has 9 nitrogen and oxygen atoms in total. The van der Waals surface area contributed by atoms with Crippen molar-refractivity contribution >= 4 is 15.7 Å². The second kappa shape index (κ2) is 7.82. The van der Waals surface area contributed by atoms with Gasteiger partial charge in [0.2, 0.25) is 15.8 Å². The summed E-state index contributed by atoms with van der Waals surface area (Å²) in [5.74, 6) is 0.0791. The number of piperidine rings is 1. The Bertz CT molecular complexity index is 889. The highest BCUT2D eigenvalue weighted by Gasteiger charge is 2.32. The summed E-state index contributed by atoms with van der Waals surface area (Å²) < 4.78 is 51.3. The zero-order valence-electron chi connectivity index (χ0n) is 14.3. The quantitative estimate of drug-likeness (QED) is 0.656. The molecule has 4 N–H and O–H groups in total. The Balaban J connectivity index is 2.20. The van der Waals surface area contributed by atoms with Gasteiger partial charge in [-0.05, 0) is 42.5 Å². The third-order valence-corrected chi connectivity index (χ3v) is 5.66. The molecule has 0 radical (unpaired) electrons. The summed E-state index contributed by atoms with van der Waals surface area (Å²) in [4.78, 5) is 1.19. The minimum atomic E-state index is -4.49. The van der Waals surface area contributed by atoms with Gasteiger partial charge >= 0.3 is 0 Å². The largest absolute Gasteiger partial charge is 0.396 e. The molecule has 1 atom stereocenters. The highest BCUT2D eigenvalue weighted by atomic mass is 32.2. The van der Waals surface area contributed by atoms with Gasteiger partial charge in [-0.15, -0.1) is 10.2 Å². The number of benzene rings is 1. The van der Waals surface area contributed by atoms with Gasteiger partial charge < -0.3 is 10.0 Å². The summed E-state index contributed by atoms with van der Waals surface area (Å²) in [7, 11) is -4.49. The highest BCUT2D eigenvalue weighted by Crippen LogP contribution is 2.41. The molecule has 0 amide bonds. The SMILES string of the molecule is NS(=O)(=O)c1c(C(F)F)ccc(N2CCCC(CCO)C2)c1-c1nn[nH]n1. The van der Waals surface area contributed by atoms with E-state index in [1.165, 1.54) is 6.07 Å². The van der Waals surface area contributed by atoms with Crippen LogP contribution < -0.4 is 10.0 Å². The van der Waals surface area contributed by atoms with E-state index in [0.717, 1.165) is 18.9 Å². The third-order valence-electron chi connectivity index (χ3n) is 4.65. The molecule has 1 aromatic heterocycles. The number of H-pyrrole nitrogens is 1. The van der Waals surface area contributed by atoms with Crippen LogP contribution in [-0.4, -0.2) is 53.8 Å². The maximum Gasteiger partial charge on any atom is 0.265 e. The lowest BCUT2D eigenvalue weighted by molar-refractivity contribution is 0.148. The molecule has 2 aromatic rings. The van der Waals surface area contributed by atoms with Gasteiger partial charge in [-0.2, -0.15) is 5.21 Å². The molecule has 1 aliphatic heterocycles. The summed E-state index contributed by atoms with van der Waals surface area (Å²) in [5.41, 5.74) is -0.397. The Hall–Kier alpha value is -2.18. The zero-order valence-corrected chi connectivity index (χ0v) is 15.2. The minimum Gasteiger partial charge on any atom is -0.396 e. The van der Waals surface area contributed by atoms with Crippen LogP contribution in [0, 0.1) is 5.92 Å². The van der Waals surface area contributed by atoms with Crippen LogP contribution in [0.1, 0.15) is 31.3 Å². The number of primary sulfonamides is 1. The van der Waals surface area contributed by atoms with Crippen LogP contribution in [0.4, 0.5) is 14.5 Å². The molecule has 148 valence electrons. The number of hydrogen-bond acceptors (Lipinski definition) is 7. The fourth-order valence-electron chi connectivity index (χ4n) is 3.52. The molecular weight excluding hydrogens is 382 g/mol. The van der Waals surface area contributed by atoms with Gasteiger partial charge in [0.15, 0.2) is 0 Å². The number of aromatic nitrogens is 4. The second-order valence-corrected chi connectivity index (χ2v) is 7.92. The number of anilines is 1. The Labute approximate surface area is 154 Å². The Morgan fingerprint density at radius 3 is 2.78 bits per heavy atom. The molecule has 0 spiro atoms. The molecule has 0 saturated carbocycles. The maximum absolute atomic E-state index is 13.5. The van der Waals surface area contributed by atoms with E-state index >= 15 is 0 Å². The van der Waals surface area contributed by atoms with E-state index in [-0.39, 0.29) is 23.9 Å². The van der Waals surface area contributed by atoms with Crippen molar-refractivity contribution < 1.29 is 22.3 Å². The predicted octanol–water partition coefficient (Wildman–Crippen LogP) is 1.05. The molecule has 1 unspecified atom stereocenters. The molecule has 27 heavy (non-hydrogen) atoms. The minimum absolute atomic E-state index is 0.0446. The number of aromatic amines is 1. The summed E-state index contributed by atoms with van der Waals surface area (Å²) in [5, 5.41) is 27.7. The molecule has 0 aliphatic carbocycles. The van der Waals surface area contributed by atoms with Crippen LogP contribution in [0.15, 0.2) is 17.0 Å². The third kappa shape index (κ3) is 4.06. The summed E-state index contributed by atoms with van der Waals surface area (Å²) in [6.45, 7) is 1.19. The van der Waals surface area contributed by atoms with Gasteiger partial charge in [0.05, 0.1) is 5.56 Å². The van der Waals surface area contributed by atoms with Gasteiger partial charge in [0.25, 0.3) is 6.43 Å². The number of nitrogens with zero attached hydrogens (tertiary/aromatic N) is 4. The standard InChI is InChI=1S/C15H20F2N6O3S/c16-14(17)10-3-4-11(23-6-1-2-9(8-23)5-7-24)12(13(10)27(18,25)26)15-19-21-22-20-15/h3-4,9,14,24H,1-2,5-8H2,(H2,18,25,26)(H,19,20,21,22). The average molecular weight is 402 g/mol. The van der Waals surface area contributed by atoms with Crippen LogP contribution in [0.5, 0.6) is 0 Å². The number of hydrogen-bond donors (Lipinski definition) is 3. The predicted molar refractivity (Wildman–Crippen MR) is 92.6 cm³/mol. The average Bonchev–Trinajstić information content (AvgIpc) is 3.14. The molecule has 1 aliphatic rings. The van der Waals surface area contributed by atoms with Crippen LogP contribution in [0.3, 0.4) is 0 Å². The number of tetrazole rings is 1. The van der Waals surface area contributed by atoms with Gasteiger partial charge in [-0.1, -0.05) is 0 Å². The van der Waals surface area contributed by atoms with E-state index in [1.54, 1.807) is 0 Å². The first kappa shape index (κ1) is 19.6. The number of rotatable bonds is 6. The lowest BCUT2D eigenvalue weighted by atomic mass is 9.94. The van der Waals surface area contributed by atoms with E-state index in [1.807, 2.05) is 4.90 Å². The number of alkyl halides is 2. The van der Waals surface area contributed by atoms with Gasteiger partial charge in [-0.3, -0.25) is 0 Å². The van der Waals surface area contributed by atoms with E-state index in [9.17, 15) is 22.3 Å². The van der Waals surface area contributed by atoms with Crippen LogP contribution in [-0.2, 0) is 10.0 Å². The first-order valence-electron chi connectivity index (χ1n) is 8.40. The van der Waals surface area contributed by atoms with Crippen molar-refractivity contribution in [1.29, 1.82) is 0 Å². The van der Waals surface area contributed by atoms with Gasteiger partial charge in [0.1, 0.15) is 4.90 Å². The Kier molecular flexibility index (Phi) is 5.67. The first-order chi connectivity index (χ1) is 12.8. The Morgan fingerprint density at radius 2 is 2.19 bits per heavy atom. The number of nitrogens with two attached hydrogens (primary N) is 1. The highest BCUT2D eigenvalue weighted by molar-refractivity contribution is 7.89. The molecule has 1 saturated heterocycles. The van der Waals surface area contributed by atoms with Crippen molar-refractivity contribution in [2.24, 2.45) is 11.1 Å². The lowest BCUT2D eigenvalue weighted by Crippen LogP contribution is -2.36.